The average Bonchev–Trinajstić information content (AvgIpc) is 3.66. The van der Waals surface area contributed by atoms with Gasteiger partial charge < -0.3 is 4.42 Å². The Balaban J connectivity index is 1.13. The Hall–Kier alpha value is -6.44. The Morgan fingerprint density at radius 2 is 0.923 bits per heavy atom. The molecule has 0 unspecified atom stereocenters. The van der Waals surface area contributed by atoms with Crippen LogP contribution in [0.3, 0.4) is 0 Å². The quantitative estimate of drug-likeness (QED) is 0.172. The summed E-state index contributed by atoms with van der Waals surface area (Å²) in [5.41, 5.74) is 14.6. The lowest BCUT2D eigenvalue weighted by molar-refractivity contribution is 0.660. The van der Waals surface area contributed by atoms with E-state index in [1.54, 1.807) is 0 Å². The van der Waals surface area contributed by atoms with Crippen LogP contribution in [-0.4, -0.2) is 0 Å². The Morgan fingerprint density at radius 3 is 1.65 bits per heavy atom. The zero-order chi connectivity index (χ0) is 34.6. The Kier molecular flexibility index (Phi) is 6.08. The number of hydrogen-bond acceptors (Lipinski definition) is 1. The van der Waals surface area contributed by atoms with Crippen LogP contribution in [0.5, 0.6) is 0 Å². The monoisotopic (exact) mass is 662 g/mol. The van der Waals surface area contributed by atoms with Crippen LogP contribution >= 0.6 is 0 Å². The highest BCUT2D eigenvalue weighted by atomic mass is 16.3. The van der Waals surface area contributed by atoms with Gasteiger partial charge in [0, 0.05) is 16.2 Å². The third kappa shape index (κ3) is 4.11. The largest absolute Gasteiger partial charge is 0.456 e. The molecule has 1 heteroatoms. The van der Waals surface area contributed by atoms with E-state index in [-0.39, 0.29) is 5.41 Å². The minimum Gasteiger partial charge on any atom is -0.456 e. The lowest BCUT2D eigenvalue weighted by Gasteiger charge is -2.23. The second kappa shape index (κ2) is 10.8. The van der Waals surface area contributed by atoms with Gasteiger partial charge in [0.15, 0.2) is 0 Å². The number of hydrogen-bond donors (Lipinski definition) is 0. The van der Waals surface area contributed by atoms with E-state index in [0.717, 1.165) is 21.9 Å². The molecule has 0 saturated heterocycles. The fraction of sp³-hybridized carbons (Fsp3) is 0.0588. The number of furan rings is 1. The van der Waals surface area contributed by atoms with E-state index in [0.29, 0.717) is 0 Å². The van der Waals surface area contributed by atoms with Crippen molar-refractivity contribution in [2.24, 2.45) is 0 Å². The zero-order valence-corrected chi connectivity index (χ0v) is 29.1. The minimum absolute atomic E-state index is 0.0653. The van der Waals surface area contributed by atoms with Gasteiger partial charge in [-0.25, -0.2) is 0 Å². The molecular formula is C51H34O. The molecule has 0 N–H and O–H groups in total. The third-order valence-electron chi connectivity index (χ3n) is 11.6. The minimum atomic E-state index is -0.0653. The van der Waals surface area contributed by atoms with Crippen molar-refractivity contribution in [2.75, 3.05) is 0 Å². The molecule has 1 aromatic heterocycles. The second-order valence-corrected chi connectivity index (χ2v) is 14.8. The molecule has 52 heavy (non-hydrogen) atoms. The molecule has 0 bridgehead atoms. The van der Waals surface area contributed by atoms with Crippen molar-refractivity contribution in [3.63, 3.8) is 0 Å². The molecule has 9 aromatic carbocycles. The molecule has 0 spiro atoms. The van der Waals surface area contributed by atoms with Crippen molar-refractivity contribution in [3.8, 4) is 44.5 Å². The van der Waals surface area contributed by atoms with Crippen molar-refractivity contribution >= 4 is 54.3 Å². The van der Waals surface area contributed by atoms with E-state index < -0.39 is 0 Å². The molecule has 1 heterocycles. The van der Waals surface area contributed by atoms with Gasteiger partial charge in [0.1, 0.15) is 11.2 Å². The summed E-state index contributed by atoms with van der Waals surface area (Å²) in [4.78, 5) is 0. The normalized spacial score (nSPS) is 13.3. The van der Waals surface area contributed by atoms with Crippen LogP contribution in [0.2, 0.25) is 0 Å². The average molecular weight is 663 g/mol. The van der Waals surface area contributed by atoms with E-state index in [2.05, 4.69) is 184 Å². The van der Waals surface area contributed by atoms with E-state index in [4.69, 9.17) is 4.42 Å². The summed E-state index contributed by atoms with van der Waals surface area (Å²) in [7, 11) is 0. The summed E-state index contributed by atoms with van der Waals surface area (Å²) in [6.07, 6.45) is 0. The van der Waals surface area contributed by atoms with Gasteiger partial charge in [0.05, 0.1) is 0 Å². The number of benzene rings is 9. The van der Waals surface area contributed by atoms with Crippen LogP contribution in [0.25, 0.3) is 98.8 Å². The van der Waals surface area contributed by atoms with Crippen LogP contribution in [0.4, 0.5) is 0 Å². The molecule has 0 atom stereocenters. The highest BCUT2D eigenvalue weighted by Gasteiger charge is 2.35. The van der Waals surface area contributed by atoms with Crippen LogP contribution in [0.15, 0.2) is 174 Å². The number of fused-ring (bicyclic) bond motifs is 9. The highest BCUT2D eigenvalue weighted by molar-refractivity contribution is 6.22. The van der Waals surface area contributed by atoms with Gasteiger partial charge in [-0.05, 0) is 118 Å². The Bertz CT molecular complexity index is 3040. The predicted molar refractivity (Wildman–Crippen MR) is 220 cm³/mol. The molecule has 0 saturated carbocycles. The Labute approximate surface area is 302 Å². The first-order valence-corrected chi connectivity index (χ1v) is 18.2. The van der Waals surface area contributed by atoms with Crippen molar-refractivity contribution in [1.82, 2.24) is 0 Å². The van der Waals surface area contributed by atoms with Gasteiger partial charge >= 0.3 is 0 Å². The van der Waals surface area contributed by atoms with Crippen molar-refractivity contribution in [2.45, 2.75) is 19.3 Å². The SMILES string of the molecule is CC1(C)c2ccccc2-c2ccc(-c3c4ccccc4c(-c4cccc(-c5cccc6oc7cc8ccccc8cc7c56)c4)c4ccccc34)cc21. The number of rotatable bonds is 3. The van der Waals surface area contributed by atoms with E-state index >= 15 is 0 Å². The molecule has 244 valence electrons. The predicted octanol–water partition coefficient (Wildman–Crippen LogP) is 14.4. The van der Waals surface area contributed by atoms with Crippen molar-refractivity contribution in [3.05, 3.63) is 181 Å². The first kappa shape index (κ1) is 29.3. The summed E-state index contributed by atoms with van der Waals surface area (Å²) in [5.74, 6) is 0. The third-order valence-corrected chi connectivity index (χ3v) is 11.6. The molecule has 0 amide bonds. The molecule has 0 aliphatic heterocycles. The van der Waals surface area contributed by atoms with E-state index in [1.807, 2.05) is 0 Å². The fourth-order valence-corrected chi connectivity index (χ4v) is 9.20. The van der Waals surface area contributed by atoms with Gasteiger partial charge in [0.2, 0.25) is 0 Å². The maximum Gasteiger partial charge on any atom is 0.136 e. The van der Waals surface area contributed by atoms with E-state index in [9.17, 15) is 0 Å². The van der Waals surface area contributed by atoms with Gasteiger partial charge in [0.25, 0.3) is 0 Å². The van der Waals surface area contributed by atoms with Crippen LogP contribution in [-0.2, 0) is 5.41 Å². The topological polar surface area (TPSA) is 13.1 Å². The summed E-state index contributed by atoms with van der Waals surface area (Å²) >= 11 is 0. The fourth-order valence-electron chi connectivity index (χ4n) is 9.20. The van der Waals surface area contributed by atoms with Crippen molar-refractivity contribution in [1.29, 1.82) is 0 Å². The maximum absolute atomic E-state index is 6.47. The molecular weight excluding hydrogens is 629 g/mol. The van der Waals surface area contributed by atoms with Crippen LogP contribution in [0, 0.1) is 0 Å². The molecule has 0 fully saturated rings. The standard InChI is InChI=1S/C51H34O/c1-51(2)44-23-10-9-17-37(44)38-26-25-35(29-45(38)51)49-41-20-7-5-18-39(41)48(40-19-6-8-21-42(40)49)34-16-11-15-33(27-34)36-22-12-24-46-50(36)43-28-31-13-3-4-14-32(31)30-47(43)52-46/h3-30H,1-2H3. The van der Waals surface area contributed by atoms with Crippen LogP contribution in [0.1, 0.15) is 25.0 Å². The zero-order valence-electron chi connectivity index (χ0n) is 29.1. The molecule has 11 rings (SSSR count). The summed E-state index contributed by atoms with van der Waals surface area (Å²) in [5, 5.41) is 9.77. The van der Waals surface area contributed by atoms with Gasteiger partial charge in [-0.3, -0.25) is 0 Å². The first-order chi connectivity index (χ1) is 25.5. The molecule has 1 aliphatic rings. The smallest absolute Gasteiger partial charge is 0.136 e. The molecule has 1 nitrogen and oxygen atoms in total. The maximum atomic E-state index is 6.47. The van der Waals surface area contributed by atoms with Crippen LogP contribution < -0.4 is 0 Å². The van der Waals surface area contributed by atoms with Gasteiger partial charge in [-0.1, -0.05) is 153 Å². The van der Waals surface area contributed by atoms with Gasteiger partial charge in [-0.15, -0.1) is 0 Å². The summed E-state index contributed by atoms with van der Waals surface area (Å²) < 4.78 is 6.47. The second-order valence-electron chi connectivity index (χ2n) is 14.8. The highest BCUT2D eigenvalue weighted by Crippen LogP contribution is 2.51. The Morgan fingerprint density at radius 1 is 0.365 bits per heavy atom. The first-order valence-electron chi connectivity index (χ1n) is 18.2. The lowest BCUT2D eigenvalue weighted by Crippen LogP contribution is -2.14. The van der Waals surface area contributed by atoms with E-state index in [1.165, 1.54) is 88.0 Å². The lowest BCUT2D eigenvalue weighted by atomic mass is 9.80. The summed E-state index contributed by atoms with van der Waals surface area (Å²) in [6, 6.07) is 62.5. The van der Waals surface area contributed by atoms with Crippen molar-refractivity contribution < 1.29 is 4.42 Å². The molecule has 1 aliphatic carbocycles. The molecule has 10 aromatic rings. The summed E-state index contributed by atoms with van der Waals surface area (Å²) in [6.45, 7) is 4.73. The molecule has 0 radical (unpaired) electrons. The van der Waals surface area contributed by atoms with Gasteiger partial charge in [-0.2, -0.15) is 0 Å².